The van der Waals surface area contributed by atoms with Crippen molar-refractivity contribution in [3.05, 3.63) is 0 Å². The second-order valence-electron chi connectivity index (χ2n) is 4.51. The number of nitrogens with two attached hydrogens (primary N) is 1. The lowest BCUT2D eigenvalue weighted by molar-refractivity contribution is -0.148. The van der Waals surface area contributed by atoms with E-state index in [0.29, 0.717) is 25.7 Å². The minimum Gasteiger partial charge on any atom is -0.465 e. The van der Waals surface area contributed by atoms with Crippen molar-refractivity contribution in [2.24, 2.45) is 17.6 Å². The van der Waals surface area contributed by atoms with Gasteiger partial charge in [-0.05, 0) is 18.8 Å². The van der Waals surface area contributed by atoms with E-state index in [0.717, 1.165) is 12.8 Å². The van der Waals surface area contributed by atoms with E-state index in [1.165, 1.54) is 0 Å². The summed E-state index contributed by atoms with van der Waals surface area (Å²) in [6.45, 7) is 5.68. The van der Waals surface area contributed by atoms with Gasteiger partial charge in [-0.1, -0.05) is 13.8 Å². The molecular formula is C11H21NO3. The first-order valence-electron chi connectivity index (χ1n) is 5.61. The predicted molar refractivity (Wildman–Crippen MR) is 57.3 cm³/mol. The Kier molecular flexibility index (Phi) is 5.05. The van der Waals surface area contributed by atoms with E-state index in [1.807, 2.05) is 0 Å². The molecule has 0 amide bonds. The van der Waals surface area contributed by atoms with Crippen molar-refractivity contribution in [3.8, 4) is 0 Å². The molecule has 1 saturated heterocycles. The number of esters is 1. The molecule has 0 bridgehead atoms. The molecule has 0 aromatic heterocycles. The van der Waals surface area contributed by atoms with Crippen molar-refractivity contribution in [2.45, 2.75) is 32.7 Å². The molecule has 1 heterocycles. The van der Waals surface area contributed by atoms with Crippen molar-refractivity contribution < 1.29 is 14.3 Å². The highest BCUT2D eigenvalue weighted by molar-refractivity contribution is 5.73. The molecule has 2 atom stereocenters. The number of carbonyl (C=O) groups excluding carboxylic acids is 1. The zero-order chi connectivity index (χ0) is 11.3. The Hall–Kier alpha value is -0.610. The van der Waals surface area contributed by atoms with Gasteiger partial charge in [0.25, 0.3) is 0 Å². The molecule has 0 radical (unpaired) electrons. The molecule has 1 aliphatic heterocycles. The molecular weight excluding hydrogens is 194 g/mol. The maximum absolute atomic E-state index is 11.5. The third-order valence-corrected chi connectivity index (χ3v) is 2.60. The van der Waals surface area contributed by atoms with Gasteiger partial charge < -0.3 is 15.2 Å². The quantitative estimate of drug-likeness (QED) is 0.547. The van der Waals surface area contributed by atoms with Gasteiger partial charge in [0, 0.05) is 6.04 Å². The fraction of sp³-hybridized carbons (Fsp3) is 0.909. The number of rotatable bonds is 5. The lowest BCUT2D eigenvalue weighted by atomic mass is 10.1. The van der Waals surface area contributed by atoms with Crippen LogP contribution in [0.1, 0.15) is 26.7 Å². The molecule has 1 rings (SSSR count). The molecule has 0 aliphatic carbocycles. The first-order chi connectivity index (χ1) is 7.11. The molecule has 1 aliphatic rings. The van der Waals surface area contributed by atoms with Crippen molar-refractivity contribution in [1.82, 2.24) is 0 Å². The molecule has 15 heavy (non-hydrogen) atoms. The molecule has 88 valence electrons. The molecule has 2 N–H and O–H groups in total. The number of carbonyl (C=O) groups is 1. The molecule has 2 unspecified atom stereocenters. The highest BCUT2D eigenvalue weighted by atomic mass is 16.5. The summed E-state index contributed by atoms with van der Waals surface area (Å²) in [4.78, 5) is 11.5. The largest absolute Gasteiger partial charge is 0.465 e. The average molecular weight is 215 g/mol. The summed E-state index contributed by atoms with van der Waals surface area (Å²) in [5.41, 5.74) is 5.71. The van der Waals surface area contributed by atoms with E-state index in [4.69, 9.17) is 15.2 Å². The molecule has 0 aromatic rings. The Balaban J connectivity index is 2.13. The van der Waals surface area contributed by atoms with Crippen molar-refractivity contribution in [2.75, 3.05) is 19.8 Å². The maximum atomic E-state index is 11.5. The molecule has 0 spiro atoms. The van der Waals surface area contributed by atoms with E-state index in [9.17, 15) is 4.79 Å². The SMILES string of the molecule is CC(C)CCCOC(=O)C1COCC1N. The van der Waals surface area contributed by atoms with Crippen LogP contribution in [0.5, 0.6) is 0 Å². The second kappa shape index (κ2) is 6.08. The zero-order valence-corrected chi connectivity index (χ0v) is 9.57. The molecule has 4 heteroatoms. The highest BCUT2D eigenvalue weighted by Crippen LogP contribution is 2.13. The summed E-state index contributed by atoms with van der Waals surface area (Å²) >= 11 is 0. The Morgan fingerprint density at radius 3 is 2.80 bits per heavy atom. The number of ether oxygens (including phenoxy) is 2. The maximum Gasteiger partial charge on any atom is 0.312 e. The minimum absolute atomic E-state index is 0.192. The lowest BCUT2D eigenvalue weighted by Gasteiger charge is -2.12. The monoisotopic (exact) mass is 215 g/mol. The lowest BCUT2D eigenvalue weighted by Crippen LogP contribution is -2.35. The Labute approximate surface area is 91.1 Å². The van der Waals surface area contributed by atoms with E-state index in [2.05, 4.69) is 13.8 Å². The van der Waals surface area contributed by atoms with Gasteiger partial charge in [0.2, 0.25) is 0 Å². The fourth-order valence-electron chi connectivity index (χ4n) is 1.59. The van der Waals surface area contributed by atoms with Crippen LogP contribution >= 0.6 is 0 Å². The predicted octanol–water partition coefficient (Wildman–Crippen LogP) is 0.940. The summed E-state index contributed by atoms with van der Waals surface area (Å²) in [7, 11) is 0. The molecule has 4 nitrogen and oxygen atoms in total. The van der Waals surface area contributed by atoms with Gasteiger partial charge >= 0.3 is 5.97 Å². The third-order valence-electron chi connectivity index (χ3n) is 2.60. The Bertz CT molecular complexity index is 206. The van der Waals surface area contributed by atoms with Crippen LogP contribution < -0.4 is 5.73 Å². The second-order valence-corrected chi connectivity index (χ2v) is 4.51. The van der Waals surface area contributed by atoms with Crippen LogP contribution in [0, 0.1) is 11.8 Å². The van der Waals surface area contributed by atoms with Crippen LogP contribution in [0.25, 0.3) is 0 Å². The summed E-state index contributed by atoms with van der Waals surface area (Å²) in [6, 6.07) is -0.192. The van der Waals surface area contributed by atoms with E-state index < -0.39 is 0 Å². The summed E-state index contributed by atoms with van der Waals surface area (Å²) < 4.78 is 10.3. The van der Waals surface area contributed by atoms with Crippen molar-refractivity contribution in [1.29, 1.82) is 0 Å². The van der Waals surface area contributed by atoms with Crippen LogP contribution in [0.15, 0.2) is 0 Å². The first kappa shape index (κ1) is 12.5. The molecule has 1 fully saturated rings. The number of hydrogen-bond donors (Lipinski definition) is 1. The summed E-state index contributed by atoms with van der Waals surface area (Å²) in [6.07, 6.45) is 2.01. The Morgan fingerprint density at radius 1 is 1.53 bits per heavy atom. The topological polar surface area (TPSA) is 61.5 Å². The third kappa shape index (κ3) is 4.18. The summed E-state index contributed by atoms with van der Waals surface area (Å²) in [5, 5.41) is 0. The average Bonchev–Trinajstić information content (AvgIpc) is 2.58. The Morgan fingerprint density at radius 2 is 2.27 bits per heavy atom. The van der Waals surface area contributed by atoms with E-state index in [1.54, 1.807) is 0 Å². The zero-order valence-electron chi connectivity index (χ0n) is 9.57. The molecule has 0 aromatic carbocycles. The standard InChI is InChI=1S/C11H21NO3/c1-8(2)4-3-5-15-11(13)9-6-14-7-10(9)12/h8-10H,3-7,12H2,1-2H3. The van der Waals surface area contributed by atoms with Gasteiger partial charge in [-0.2, -0.15) is 0 Å². The van der Waals surface area contributed by atoms with Gasteiger partial charge in [-0.3, -0.25) is 4.79 Å². The van der Waals surface area contributed by atoms with Gasteiger partial charge in [0.05, 0.1) is 25.7 Å². The van der Waals surface area contributed by atoms with E-state index >= 15 is 0 Å². The van der Waals surface area contributed by atoms with Crippen LogP contribution in [0.3, 0.4) is 0 Å². The van der Waals surface area contributed by atoms with Gasteiger partial charge in [-0.15, -0.1) is 0 Å². The van der Waals surface area contributed by atoms with Crippen LogP contribution in [-0.4, -0.2) is 31.8 Å². The first-order valence-corrected chi connectivity index (χ1v) is 5.61. The van der Waals surface area contributed by atoms with Crippen molar-refractivity contribution in [3.63, 3.8) is 0 Å². The van der Waals surface area contributed by atoms with Gasteiger partial charge in [-0.25, -0.2) is 0 Å². The number of hydrogen-bond acceptors (Lipinski definition) is 4. The minimum atomic E-state index is -0.260. The normalized spacial score (nSPS) is 25.9. The van der Waals surface area contributed by atoms with Crippen LogP contribution in [0.4, 0.5) is 0 Å². The van der Waals surface area contributed by atoms with Crippen molar-refractivity contribution >= 4 is 5.97 Å². The van der Waals surface area contributed by atoms with Gasteiger partial charge in [0.1, 0.15) is 0 Å². The van der Waals surface area contributed by atoms with E-state index in [-0.39, 0.29) is 17.9 Å². The smallest absolute Gasteiger partial charge is 0.312 e. The highest BCUT2D eigenvalue weighted by Gasteiger charge is 2.32. The van der Waals surface area contributed by atoms with Crippen LogP contribution in [-0.2, 0) is 14.3 Å². The van der Waals surface area contributed by atoms with Crippen LogP contribution in [0.2, 0.25) is 0 Å². The van der Waals surface area contributed by atoms with Gasteiger partial charge in [0.15, 0.2) is 0 Å². The summed E-state index contributed by atoms with van der Waals surface area (Å²) in [5.74, 6) is 0.188. The molecule has 0 saturated carbocycles. The fourth-order valence-corrected chi connectivity index (χ4v) is 1.59.